The highest BCUT2D eigenvalue weighted by Crippen LogP contribution is 2.32. The van der Waals surface area contributed by atoms with Crippen LogP contribution in [0.2, 0.25) is 0 Å². The highest BCUT2D eigenvalue weighted by atomic mass is 16.1. The Balaban J connectivity index is 1.80. The van der Waals surface area contributed by atoms with Gasteiger partial charge in [-0.3, -0.25) is 10.1 Å². The number of para-hydroxylation sites is 1. The second kappa shape index (κ2) is 10.4. The van der Waals surface area contributed by atoms with Gasteiger partial charge >= 0.3 is 0 Å². The number of carbonyl (C=O) groups excluding carboxylic acids is 1. The van der Waals surface area contributed by atoms with E-state index < -0.39 is 0 Å². The van der Waals surface area contributed by atoms with Crippen LogP contribution in [-0.4, -0.2) is 12.5 Å². The van der Waals surface area contributed by atoms with Crippen molar-refractivity contribution in [2.75, 3.05) is 11.9 Å². The molecule has 3 aromatic rings. The summed E-state index contributed by atoms with van der Waals surface area (Å²) in [5, 5.41) is 6.68. The Bertz CT molecular complexity index is 965. The van der Waals surface area contributed by atoms with Crippen molar-refractivity contribution in [1.82, 2.24) is 5.32 Å². The van der Waals surface area contributed by atoms with Crippen LogP contribution in [0.15, 0.2) is 72.8 Å². The molecular formula is C28H34N2O. The van der Waals surface area contributed by atoms with Gasteiger partial charge in [-0.2, -0.15) is 0 Å². The van der Waals surface area contributed by atoms with Gasteiger partial charge < -0.3 is 5.32 Å². The van der Waals surface area contributed by atoms with E-state index in [4.69, 9.17) is 0 Å². The van der Waals surface area contributed by atoms with E-state index in [0.717, 1.165) is 16.8 Å². The predicted octanol–water partition coefficient (Wildman–Crippen LogP) is 6.56. The second-order valence-corrected chi connectivity index (χ2v) is 8.80. The number of hydrogen-bond donors (Lipinski definition) is 2. The smallest absolute Gasteiger partial charge is 0.238 e. The quantitative estimate of drug-likeness (QED) is 0.438. The van der Waals surface area contributed by atoms with Gasteiger partial charge in [0.1, 0.15) is 0 Å². The van der Waals surface area contributed by atoms with E-state index in [1.54, 1.807) is 0 Å². The van der Waals surface area contributed by atoms with Crippen molar-refractivity contribution in [3.05, 3.63) is 101 Å². The molecule has 0 radical (unpaired) electrons. The molecule has 1 amide bonds. The molecule has 0 bridgehead atoms. The normalized spacial score (nSPS) is 12.2. The number of nitrogens with one attached hydrogen (secondary N) is 2. The lowest BCUT2D eigenvalue weighted by atomic mass is 9.92. The standard InChI is InChI=1S/C28H34N2O/c1-19(2)24-12-9-13-25(20(3)4)28(24)30-26(31)18-29-27(22-10-7-6-8-11-22)23-16-14-21(5)15-17-23/h6-17,19-20,27,29H,18H2,1-5H3,(H,30,31). The summed E-state index contributed by atoms with van der Waals surface area (Å²) in [6, 6.07) is 25.0. The van der Waals surface area contributed by atoms with Gasteiger partial charge in [-0.25, -0.2) is 0 Å². The lowest BCUT2D eigenvalue weighted by Crippen LogP contribution is -2.32. The first-order valence-corrected chi connectivity index (χ1v) is 11.1. The van der Waals surface area contributed by atoms with Crippen LogP contribution < -0.4 is 10.6 Å². The van der Waals surface area contributed by atoms with Crippen molar-refractivity contribution >= 4 is 11.6 Å². The minimum Gasteiger partial charge on any atom is -0.324 e. The fraction of sp³-hybridized carbons (Fsp3) is 0.321. The first-order chi connectivity index (χ1) is 14.9. The largest absolute Gasteiger partial charge is 0.324 e. The minimum absolute atomic E-state index is 0.0250. The first-order valence-electron chi connectivity index (χ1n) is 11.1. The molecule has 162 valence electrons. The Kier molecular flexibility index (Phi) is 7.64. The predicted molar refractivity (Wildman–Crippen MR) is 131 cm³/mol. The van der Waals surface area contributed by atoms with Gasteiger partial charge in [0.25, 0.3) is 0 Å². The molecule has 1 unspecified atom stereocenters. The molecule has 3 aromatic carbocycles. The van der Waals surface area contributed by atoms with Crippen LogP contribution in [0, 0.1) is 6.92 Å². The van der Waals surface area contributed by atoms with E-state index in [2.05, 4.69) is 99.8 Å². The summed E-state index contributed by atoms with van der Waals surface area (Å²) in [7, 11) is 0. The topological polar surface area (TPSA) is 41.1 Å². The number of rotatable bonds is 8. The zero-order valence-electron chi connectivity index (χ0n) is 19.3. The molecule has 0 heterocycles. The van der Waals surface area contributed by atoms with E-state index >= 15 is 0 Å². The van der Waals surface area contributed by atoms with Crippen molar-refractivity contribution in [1.29, 1.82) is 0 Å². The highest BCUT2D eigenvalue weighted by Gasteiger charge is 2.18. The van der Waals surface area contributed by atoms with Crippen molar-refractivity contribution in [2.45, 2.75) is 52.5 Å². The third kappa shape index (κ3) is 5.83. The summed E-state index contributed by atoms with van der Waals surface area (Å²) in [6.07, 6.45) is 0. The average Bonchev–Trinajstić information content (AvgIpc) is 2.75. The SMILES string of the molecule is Cc1ccc(C(NCC(=O)Nc2c(C(C)C)cccc2C(C)C)c2ccccc2)cc1. The van der Waals surface area contributed by atoms with E-state index in [-0.39, 0.29) is 18.5 Å². The molecule has 0 aromatic heterocycles. The Morgan fingerprint density at radius 2 is 1.29 bits per heavy atom. The number of hydrogen-bond acceptors (Lipinski definition) is 2. The van der Waals surface area contributed by atoms with Gasteiger partial charge in [0, 0.05) is 5.69 Å². The van der Waals surface area contributed by atoms with E-state index in [1.807, 2.05) is 18.2 Å². The summed E-state index contributed by atoms with van der Waals surface area (Å²) in [6.45, 7) is 11.0. The van der Waals surface area contributed by atoms with Crippen molar-refractivity contribution in [2.24, 2.45) is 0 Å². The van der Waals surface area contributed by atoms with Crippen molar-refractivity contribution < 1.29 is 4.79 Å². The van der Waals surface area contributed by atoms with Crippen molar-refractivity contribution in [3.8, 4) is 0 Å². The van der Waals surface area contributed by atoms with E-state index in [0.29, 0.717) is 11.8 Å². The molecule has 0 saturated heterocycles. The van der Waals surface area contributed by atoms with Gasteiger partial charge in [0.15, 0.2) is 0 Å². The molecule has 0 aliphatic heterocycles. The number of carbonyl (C=O) groups is 1. The van der Waals surface area contributed by atoms with Crippen LogP contribution in [0.1, 0.15) is 73.4 Å². The zero-order chi connectivity index (χ0) is 22.4. The summed E-state index contributed by atoms with van der Waals surface area (Å²) in [4.78, 5) is 13.0. The summed E-state index contributed by atoms with van der Waals surface area (Å²) < 4.78 is 0. The van der Waals surface area contributed by atoms with Gasteiger partial charge in [-0.15, -0.1) is 0 Å². The molecule has 3 rings (SSSR count). The van der Waals surface area contributed by atoms with Crippen LogP contribution in [-0.2, 0) is 4.79 Å². The molecular weight excluding hydrogens is 380 g/mol. The number of anilines is 1. The van der Waals surface area contributed by atoms with Crippen LogP contribution in [0.25, 0.3) is 0 Å². The lowest BCUT2D eigenvalue weighted by Gasteiger charge is -2.22. The van der Waals surface area contributed by atoms with Crippen LogP contribution in [0.4, 0.5) is 5.69 Å². The zero-order valence-corrected chi connectivity index (χ0v) is 19.3. The molecule has 0 saturated carbocycles. The average molecular weight is 415 g/mol. The molecule has 2 N–H and O–H groups in total. The van der Waals surface area contributed by atoms with Gasteiger partial charge in [-0.1, -0.05) is 106 Å². The van der Waals surface area contributed by atoms with Crippen LogP contribution >= 0.6 is 0 Å². The monoisotopic (exact) mass is 414 g/mol. The lowest BCUT2D eigenvalue weighted by molar-refractivity contribution is -0.115. The maximum absolute atomic E-state index is 13.0. The van der Waals surface area contributed by atoms with Crippen LogP contribution in [0.3, 0.4) is 0 Å². The molecule has 3 heteroatoms. The Morgan fingerprint density at radius 3 is 1.84 bits per heavy atom. The van der Waals surface area contributed by atoms with E-state index in [9.17, 15) is 4.79 Å². The second-order valence-electron chi connectivity index (χ2n) is 8.80. The molecule has 31 heavy (non-hydrogen) atoms. The molecule has 3 nitrogen and oxygen atoms in total. The molecule has 0 fully saturated rings. The number of benzene rings is 3. The molecule has 1 atom stereocenters. The third-order valence-corrected chi connectivity index (χ3v) is 5.65. The highest BCUT2D eigenvalue weighted by molar-refractivity contribution is 5.94. The van der Waals surface area contributed by atoms with E-state index in [1.165, 1.54) is 16.7 Å². The molecule has 0 aliphatic rings. The fourth-order valence-corrected chi connectivity index (χ4v) is 3.91. The Hall–Kier alpha value is -2.91. The fourth-order valence-electron chi connectivity index (χ4n) is 3.91. The van der Waals surface area contributed by atoms with Gasteiger partial charge in [0.2, 0.25) is 5.91 Å². The Labute approximate surface area is 186 Å². The third-order valence-electron chi connectivity index (χ3n) is 5.65. The first kappa shape index (κ1) is 22.8. The van der Waals surface area contributed by atoms with Gasteiger partial charge in [-0.05, 0) is 41.0 Å². The summed E-state index contributed by atoms with van der Waals surface area (Å²) in [5.74, 6) is 0.654. The number of amides is 1. The maximum Gasteiger partial charge on any atom is 0.238 e. The number of aryl methyl sites for hydroxylation is 1. The maximum atomic E-state index is 13.0. The molecule has 0 aliphatic carbocycles. The minimum atomic E-state index is -0.0440. The summed E-state index contributed by atoms with van der Waals surface area (Å²) in [5.41, 5.74) is 6.83. The van der Waals surface area contributed by atoms with Crippen molar-refractivity contribution in [3.63, 3.8) is 0 Å². The summed E-state index contributed by atoms with van der Waals surface area (Å²) >= 11 is 0. The Morgan fingerprint density at radius 1 is 0.742 bits per heavy atom. The van der Waals surface area contributed by atoms with Crippen LogP contribution in [0.5, 0.6) is 0 Å². The van der Waals surface area contributed by atoms with Gasteiger partial charge in [0.05, 0.1) is 12.6 Å². The molecule has 0 spiro atoms.